The van der Waals surface area contributed by atoms with E-state index in [1.165, 1.54) is 0 Å². The van der Waals surface area contributed by atoms with Crippen LogP contribution in [0.4, 0.5) is 17.3 Å². The molecule has 6 nitrogen and oxygen atoms in total. The fourth-order valence-electron chi connectivity index (χ4n) is 2.37. The minimum absolute atomic E-state index is 0.0198. The zero-order chi connectivity index (χ0) is 17.5. The molecule has 1 amide bonds. The van der Waals surface area contributed by atoms with E-state index in [4.69, 9.17) is 0 Å². The quantitative estimate of drug-likeness (QED) is 0.722. The molecule has 25 heavy (non-hydrogen) atoms. The molecule has 3 aromatic rings. The minimum atomic E-state index is -0.0198. The largest absolute Gasteiger partial charge is 0.326 e. The van der Waals surface area contributed by atoms with E-state index in [1.807, 2.05) is 37.3 Å². The van der Waals surface area contributed by atoms with Gasteiger partial charge in [-0.1, -0.05) is 6.07 Å². The van der Waals surface area contributed by atoms with E-state index < -0.39 is 0 Å². The lowest BCUT2D eigenvalue weighted by atomic mass is 10.1. The molecule has 2 aromatic heterocycles. The maximum Gasteiger partial charge on any atom is 0.227 e. The lowest BCUT2D eigenvalue weighted by Gasteiger charge is -2.08. The van der Waals surface area contributed by atoms with Crippen molar-refractivity contribution >= 4 is 23.2 Å². The van der Waals surface area contributed by atoms with Crippen LogP contribution in [0, 0.1) is 6.92 Å². The number of amides is 1. The molecule has 0 atom stereocenters. The molecule has 3 rings (SSSR count). The predicted molar refractivity (Wildman–Crippen MR) is 97.7 cm³/mol. The Morgan fingerprint density at radius 3 is 2.48 bits per heavy atom. The van der Waals surface area contributed by atoms with E-state index in [0.717, 1.165) is 22.5 Å². The highest BCUT2D eigenvalue weighted by Gasteiger charge is 2.04. The Balaban J connectivity index is 1.51. The molecule has 0 fully saturated rings. The molecule has 0 saturated carbocycles. The van der Waals surface area contributed by atoms with Gasteiger partial charge in [0, 0.05) is 42.6 Å². The van der Waals surface area contributed by atoms with E-state index in [1.54, 1.807) is 30.9 Å². The van der Waals surface area contributed by atoms with Crippen LogP contribution in [0.25, 0.3) is 0 Å². The summed E-state index contributed by atoms with van der Waals surface area (Å²) in [6, 6.07) is 11.2. The average molecular weight is 333 g/mol. The van der Waals surface area contributed by atoms with Gasteiger partial charge in [0.25, 0.3) is 0 Å². The zero-order valence-electron chi connectivity index (χ0n) is 13.9. The third-order valence-electron chi connectivity index (χ3n) is 3.56. The van der Waals surface area contributed by atoms with E-state index >= 15 is 0 Å². The lowest BCUT2D eigenvalue weighted by molar-refractivity contribution is -0.116. The number of nitrogens with one attached hydrogen (secondary N) is 2. The second-order valence-electron chi connectivity index (χ2n) is 5.69. The van der Waals surface area contributed by atoms with Gasteiger partial charge in [0.1, 0.15) is 0 Å². The summed E-state index contributed by atoms with van der Waals surface area (Å²) in [5, 5.41) is 5.99. The minimum Gasteiger partial charge on any atom is -0.326 e. The van der Waals surface area contributed by atoms with Gasteiger partial charge in [0.05, 0.1) is 0 Å². The van der Waals surface area contributed by atoms with E-state index in [0.29, 0.717) is 18.8 Å². The van der Waals surface area contributed by atoms with Crippen LogP contribution in [0.3, 0.4) is 0 Å². The van der Waals surface area contributed by atoms with Gasteiger partial charge in [-0.15, -0.1) is 0 Å². The molecule has 126 valence electrons. The van der Waals surface area contributed by atoms with Crippen molar-refractivity contribution in [3.8, 4) is 0 Å². The molecular formula is C19H19N5O. The number of rotatable bonds is 6. The van der Waals surface area contributed by atoms with Gasteiger partial charge in [0.2, 0.25) is 11.9 Å². The Hall–Kier alpha value is -3.28. The number of aryl methyl sites for hydroxylation is 2. The Kier molecular flexibility index (Phi) is 5.31. The van der Waals surface area contributed by atoms with Gasteiger partial charge in [-0.05, 0) is 54.8 Å². The zero-order valence-corrected chi connectivity index (χ0v) is 13.9. The number of hydrogen-bond donors (Lipinski definition) is 2. The first kappa shape index (κ1) is 16.6. The van der Waals surface area contributed by atoms with Crippen molar-refractivity contribution in [2.24, 2.45) is 0 Å². The number of benzene rings is 1. The number of anilines is 3. The number of pyridine rings is 1. The van der Waals surface area contributed by atoms with Crippen LogP contribution in [0.2, 0.25) is 0 Å². The highest BCUT2D eigenvalue weighted by Crippen LogP contribution is 2.16. The van der Waals surface area contributed by atoms with Crippen LogP contribution >= 0.6 is 0 Å². The number of hydrogen-bond acceptors (Lipinski definition) is 5. The van der Waals surface area contributed by atoms with Gasteiger partial charge in [-0.2, -0.15) is 0 Å². The molecule has 0 aliphatic carbocycles. The maximum atomic E-state index is 12.1. The second-order valence-corrected chi connectivity index (χ2v) is 5.69. The van der Waals surface area contributed by atoms with Crippen LogP contribution in [-0.4, -0.2) is 20.9 Å². The van der Waals surface area contributed by atoms with Gasteiger partial charge >= 0.3 is 0 Å². The van der Waals surface area contributed by atoms with Gasteiger partial charge in [-0.25, -0.2) is 9.97 Å². The summed E-state index contributed by atoms with van der Waals surface area (Å²) < 4.78 is 0. The molecule has 0 saturated heterocycles. The third kappa shape index (κ3) is 5.10. The Morgan fingerprint density at radius 1 is 1.04 bits per heavy atom. The Labute approximate surface area is 146 Å². The molecular weight excluding hydrogens is 314 g/mol. The van der Waals surface area contributed by atoms with Crippen molar-refractivity contribution in [1.29, 1.82) is 0 Å². The first-order valence-electron chi connectivity index (χ1n) is 8.03. The molecule has 2 N–H and O–H groups in total. The van der Waals surface area contributed by atoms with Gasteiger partial charge < -0.3 is 10.6 Å². The second kappa shape index (κ2) is 8.01. The maximum absolute atomic E-state index is 12.1. The summed E-state index contributed by atoms with van der Waals surface area (Å²) in [5.74, 6) is 0.514. The summed E-state index contributed by atoms with van der Waals surface area (Å²) in [6.07, 6.45) is 8.04. The first-order valence-corrected chi connectivity index (χ1v) is 8.03. The summed E-state index contributed by atoms with van der Waals surface area (Å²) in [6.45, 7) is 1.99. The van der Waals surface area contributed by atoms with Crippen molar-refractivity contribution in [1.82, 2.24) is 15.0 Å². The monoisotopic (exact) mass is 333 g/mol. The molecule has 0 unspecified atom stereocenters. The van der Waals surface area contributed by atoms with Crippen molar-refractivity contribution in [2.75, 3.05) is 10.6 Å². The summed E-state index contributed by atoms with van der Waals surface area (Å²) in [4.78, 5) is 24.4. The van der Waals surface area contributed by atoms with Gasteiger partial charge in [-0.3, -0.25) is 9.78 Å². The fraction of sp³-hybridized carbons (Fsp3) is 0.158. The molecule has 6 heteroatoms. The average Bonchev–Trinajstić information content (AvgIpc) is 2.63. The topological polar surface area (TPSA) is 79.8 Å². The van der Waals surface area contributed by atoms with E-state index in [9.17, 15) is 4.79 Å². The van der Waals surface area contributed by atoms with Crippen LogP contribution in [0.15, 0.2) is 61.2 Å². The van der Waals surface area contributed by atoms with Crippen LogP contribution in [0.1, 0.15) is 17.5 Å². The molecule has 0 radical (unpaired) electrons. The van der Waals surface area contributed by atoms with Crippen molar-refractivity contribution in [2.45, 2.75) is 19.8 Å². The molecule has 0 aliphatic heterocycles. The number of aromatic nitrogens is 3. The van der Waals surface area contributed by atoms with Crippen molar-refractivity contribution in [3.63, 3.8) is 0 Å². The highest BCUT2D eigenvalue weighted by molar-refractivity contribution is 5.91. The van der Waals surface area contributed by atoms with E-state index in [-0.39, 0.29) is 5.91 Å². The number of carbonyl (C=O) groups is 1. The SMILES string of the molecule is Cc1cncc(CCC(=O)Nc2ccc(Nc3ncccn3)cc2)c1. The van der Waals surface area contributed by atoms with Crippen molar-refractivity contribution < 1.29 is 4.79 Å². The summed E-state index contributed by atoms with van der Waals surface area (Å²) >= 11 is 0. The van der Waals surface area contributed by atoms with E-state index in [2.05, 4.69) is 25.6 Å². The summed E-state index contributed by atoms with van der Waals surface area (Å²) in [7, 11) is 0. The molecule has 0 aliphatic rings. The third-order valence-corrected chi connectivity index (χ3v) is 3.56. The number of carbonyl (C=O) groups excluding carboxylic acids is 1. The lowest BCUT2D eigenvalue weighted by Crippen LogP contribution is -2.12. The fourth-order valence-corrected chi connectivity index (χ4v) is 2.37. The molecule has 0 bridgehead atoms. The van der Waals surface area contributed by atoms with Crippen molar-refractivity contribution in [3.05, 3.63) is 72.3 Å². The van der Waals surface area contributed by atoms with Crippen LogP contribution in [0.5, 0.6) is 0 Å². The first-order chi connectivity index (χ1) is 12.2. The predicted octanol–water partition coefficient (Wildman–Crippen LogP) is 3.49. The summed E-state index contributed by atoms with van der Waals surface area (Å²) in [5.41, 5.74) is 3.78. The standard InChI is InChI=1S/C19H19N5O/c1-14-11-15(13-20-12-14)3-8-18(25)23-16-4-6-17(7-5-16)24-19-21-9-2-10-22-19/h2,4-7,9-13H,3,8H2,1H3,(H,23,25)(H,21,22,24). The normalized spacial score (nSPS) is 10.3. The number of nitrogens with zero attached hydrogens (tertiary/aromatic N) is 3. The van der Waals surface area contributed by atoms with Crippen LogP contribution < -0.4 is 10.6 Å². The Bertz CT molecular complexity index is 834. The molecule has 2 heterocycles. The molecule has 1 aromatic carbocycles. The Morgan fingerprint density at radius 2 is 1.76 bits per heavy atom. The highest BCUT2D eigenvalue weighted by atomic mass is 16.1. The van der Waals surface area contributed by atoms with Crippen LogP contribution in [-0.2, 0) is 11.2 Å². The van der Waals surface area contributed by atoms with Gasteiger partial charge in [0.15, 0.2) is 0 Å². The molecule has 0 spiro atoms. The smallest absolute Gasteiger partial charge is 0.227 e.